The highest BCUT2D eigenvalue weighted by Crippen LogP contribution is 2.09. The van der Waals surface area contributed by atoms with E-state index in [0.29, 0.717) is 6.17 Å². The lowest BCUT2D eigenvalue weighted by molar-refractivity contribution is -0.941. The Morgan fingerprint density at radius 2 is 0.833 bits per heavy atom. The van der Waals surface area contributed by atoms with Gasteiger partial charge >= 0.3 is 6.17 Å². The number of hydrogen-bond donors (Lipinski definition) is 0. The molecule has 10 heteroatoms. The summed E-state index contributed by atoms with van der Waals surface area (Å²) < 4.78 is 66.7. The Labute approximate surface area is 212 Å². The third-order valence-electron chi connectivity index (χ3n) is 4.96. The molecule has 0 atom stereocenters. The maximum absolute atomic E-state index is 10.4. The van der Waals surface area contributed by atoms with Crippen molar-refractivity contribution in [1.82, 2.24) is 0 Å². The SMILES string of the molecule is CC([n+]1ccccc1)[n+]1ccccc1.Cc1ccc(S(=O)(=O)[O-])cc1.Cc1ccc(S(=O)(=O)[O-])cc1. The summed E-state index contributed by atoms with van der Waals surface area (Å²) in [6.07, 6.45) is 8.61. The van der Waals surface area contributed by atoms with Crippen molar-refractivity contribution in [3.8, 4) is 0 Å². The summed E-state index contributed by atoms with van der Waals surface area (Å²) in [6, 6.07) is 23.8. The molecule has 0 N–H and O–H groups in total. The predicted octanol–water partition coefficient (Wildman–Crippen LogP) is 3.13. The molecule has 36 heavy (non-hydrogen) atoms. The zero-order valence-electron chi connectivity index (χ0n) is 20.1. The summed E-state index contributed by atoms with van der Waals surface area (Å²) in [5.41, 5.74) is 1.86. The molecule has 2 aromatic heterocycles. The normalized spacial score (nSPS) is 11.1. The van der Waals surface area contributed by atoms with E-state index in [4.69, 9.17) is 0 Å². The van der Waals surface area contributed by atoms with Gasteiger partial charge < -0.3 is 9.11 Å². The van der Waals surface area contributed by atoms with E-state index in [0.717, 1.165) is 11.1 Å². The number of benzene rings is 2. The average molecular weight is 529 g/mol. The molecule has 0 radical (unpaired) electrons. The van der Waals surface area contributed by atoms with Crippen LogP contribution in [0.25, 0.3) is 0 Å². The summed E-state index contributed by atoms with van der Waals surface area (Å²) in [4.78, 5) is -0.355. The molecule has 0 aliphatic rings. The van der Waals surface area contributed by atoms with Crippen LogP contribution >= 0.6 is 0 Å². The largest absolute Gasteiger partial charge is 0.744 e. The van der Waals surface area contributed by atoms with Gasteiger partial charge in [0.1, 0.15) is 20.2 Å². The highest BCUT2D eigenvalue weighted by Gasteiger charge is 2.18. The van der Waals surface area contributed by atoms with Gasteiger partial charge in [-0.1, -0.05) is 47.5 Å². The van der Waals surface area contributed by atoms with E-state index in [-0.39, 0.29) is 9.79 Å². The van der Waals surface area contributed by atoms with Gasteiger partial charge in [0.15, 0.2) is 24.8 Å². The van der Waals surface area contributed by atoms with Crippen molar-refractivity contribution in [3.63, 3.8) is 0 Å². The van der Waals surface area contributed by atoms with E-state index in [9.17, 15) is 25.9 Å². The van der Waals surface area contributed by atoms with Gasteiger partial charge in [0.05, 0.1) is 16.7 Å². The number of nitrogens with zero attached hydrogens (tertiary/aromatic N) is 2. The monoisotopic (exact) mass is 528 g/mol. The molecule has 0 bridgehead atoms. The summed E-state index contributed by atoms with van der Waals surface area (Å²) in [5, 5.41) is 0. The molecule has 2 heterocycles. The molecule has 0 unspecified atom stereocenters. The van der Waals surface area contributed by atoms with Crippen LogP contribution in [0.2, 0.25) is 0 Å². The van der Waals surface area contributed by atoms with Crippen molar-refractivity contribution in [2.75, 3.05) is 0 Å². The number of aromatic nitrogens is 2. The van der Waals surface area contributed by atoms with Crippen molar-refractivity contribution >= 4 is 20.2 Å². The van der Waals surface area contributed by atoms with Crippen LogP contribution in [0, 0.1) is 13.8 Å². The Kier molecular flexibility index (Phi) is 10.4. The Bertz CT molecular complexity index is 1310. The third kappa shape index (κ3) is 9.67. The quantitative estimate of drug-likeness (QED) is 0.296. The van der Waals surface area contributed by atoms with Gasteiger partial charge in [-0.05, 0) is 38.1 Å². The Balaban J connectivity index is 0.000000193. The van der Waals surface area contributed by atoms with Crippen LogP contribution in [0.5, 0.6) is 0 Å². The molecule has 0 saturated carbocycles. The van der Waals surface area contributed by atoms with Crippen LogP contribution in [-0.2, 0) is 20.2 Å². The van der Waals surface area contributed by atoms with Crippen molar-refractivity contribution in [3.05, 3.63) is 121 Å². The molecule has 2 aromatic carbocycles. The van der Waals surface area contributed by atoms with E-state index in [1.807, 2.05) is 50.2 Å². The van der Waals surface area contributed by atoms with Crippen LogP contribution in [0.4, 0.5) is 0 Å². The van der Waals surface area contributed by atoms with Gasteiger partial charge in [0.2, 0.25) is 0 Å². The number of hydrogen-bond acceptors (Lipinski definition) is 6. The van der Waals surface area contributed by atoms with E-state index >= 15 is 0 Å². The van der Waals surface area contributed by atoms with Gasteiger partial charge in [-0.15, -0.1) is 9.13 Å². The number of rotatable bonds is 4. The molecule has 0 aliphatic heterocycles. The first-order valence-electron chi connectivity index (χ1n) is 10.8. The van der Waals surface area contributed by atoms with Gasteiger partial charge in [-0.25, -0.2) is 16.8 Å². The molecule has 190 valence electrons. The first-order valence-corrected chi connectivity index (χ1v) is 13.7. The van der Waals surface area contributed by atoms with E-state index in [1.54, 1.807) is 24.3 Å². The van der Waals surface area contributed by atoms with Crippen molar-refractivity contribution in [1.29, 1.82) is 0 Å². The minimum atomic E-state index is -4.27. The summed E-state index contributed by atoms with van der Waals surface area (Å²) in [7, 11) is -8.54. The smallest absolute Gasteiger partial charge is 0.349 e. The van der Waals surface area contributed by atoms with E-state index in [1.165, 1.54) is 24.3 Å². The average Bonchev–Trinajstić information content (AvgIpc) is 2.85. The van der Waals surface area contributed by atoms with Crippen LogP contribution in [-0.4, -0.2) is 25.9 Å². The molecule has 0 aliphatic carbocycles. The second-order valence-corrected chi connectivity index (χ2v) is 10.6. The maximum Gasteiger partial charge on any atom is 0.349 e. The van der Waals surface area contributed by atoms with Crippen LogP contribution in [0.3, 0.4) is 0 Å². The molecule has 8 nitrogen and oxygen atoms in total. The zero-order valence-corrected chi connectivity index (χ0v) is 21.8. The Hall–Kier alpha value is -3.44. The van der Waals surface area contributed by atoms with E-state index in [2.05, 4.69) is 40.8 Å². The highest BCUT2D eigenvalue weighted by atomic mass is 32.2. The van der Waals surface area contributed by atoms with E-state index < -0.39 is 20.2 Å². The molecular formula is C26H28N2O6S2. The second-order valence-electron chi connectivity index (χ2n) is 7.81. The molecule has 4 aromatic rings. The fourth-order valence-corrected chi connectivity index (χ4v) is 3.82. The second kappa shape index (κ2) is 13.0. The lowest BCUT2D eigenvalue weighted by Crippen LogP contribution is -2.54. The van der Waals surface area contributed by atoms with Gasteiger partial charge in [0.25, 0.3) is 0 Å². The van der Waals surface area contributed by atoms with Crippen LogP contribution < -0.4 is 9.13 Å². The van der Waals surface area contributed by atoms with Crippen molar-refractivity contribution < 1.29 is 35.1 Å². The summed E-state index contributed by atoms with van der Waals surface area (Å²) in [5.74, 6) is 0. The van der Waals surface area contributed by atoms with Gasteiger partial charge in [0, 0.05) is 24.3 Å². The van der Waals surface area contributed by atoms with Gasteiger partial charge in [-0.3, -0.25) is 0 Å². The maximum atomic E-state index is 10.4. The molecule has 0 amide bonds. The first kappa shape index (κ1) is 28.8. The topological polar surface area (TPSA) is 122 Å². The van der Waals surface area contributed by atoms with Crippen molar-refractivity contribution in [2.24, 2.45) is 0 Å². The Morgan fingerprint density at radius 3 is 1.08 bits per heavy atom. The van der Waals surface area contributed by atoms with Crippen molar-refractivity contribution in [2.45, 2.75) is 36.7 Å². The predicted molar refractivity (Wildman–Crippen MR) is 132 cm³/mol. The van der Waals surface area contributed by atoms with Crippen LogP contribution in [0.15, 0.2) is 120 Å². The highest BCUT2D eigenvalue weighted by molar-refractivity contribution is 7.86. The fraction of sp³-hybridized carbons (Fsp3) is 0.154. The lowest BCUT2D eigenvalue weighted by atomic mass is 10.2. The Morgan fingerprint density at radius 1 is 0.556 bits per heavy atom. The summed E-state index contributed by atoms with van der Waals surface area (Å²) in [6.45, 7) is 5.81. The molecule has 0 spiro atoms. The fourth-order valence-electron chi connectivity index (χ4n) is 2.89. The standard InChI is InChI=1S/C12H14N2.2C7H8O3S/c1-12(13-8-4-2-5-9-13)14-10-6-3-7-11-14;2*1-6-2-4-7(5-3-6)11(8,9)10/h2-12H,1H3;2*2-5H,1H3,(H,8,9,10)/q+2;;/p-2. The molecule has 4 rings (SSSR count). The van der Waals surface area contributed by atoms with Gasteiger partial charge in [-0.2, -0.15) is 0 Å². The summed E-state index contributed by atoms with van der Waals surface area (Å²) >= 11 is 0. The first-order chi connectivity index (χ1) is 16.9. The number of aryl methyl sites for hydroxylation is 2. The lowest BCUT2D eigenvalue weighted by Gasteiger charge is -2.05. The molecule has 0 saturated heterocycles. The minimum Gasteiger partial charge on any atom is -0.744 e. The number of pyridine rings is 2. The third-order valence-corrected chi connectivity index (χ3v) is 6.66. The van der Waals surface area contributed by atoms with Crippen LogP contribution in [0.1, 0.15) is 24.2 Å². The molecule has 0 fully saturated rings. The molecular weight excluding hydrogens is 500 g/mol. The minimum absolute atomic E-state index is 0.178. The zero-order chi connectivity index (χ0) is 26.8.